The van der Waals surface area contributed by atoms with Gasteiger partial charge < -0.3 is 19.7 Å². The van der Waals surface area contributed by atoms with Gasteiger partial charge in [-0.25, -0.2) is 9.18 Å². The van der Waals surface area contributed by atoms with Crippen molar-refractivity contribution < 1.29 is 28.2 Å². The highest BCUT2D eigenvalue weighted by Gasteiger charge is 2.54. The van der Waals surface area contributed by atoms with Crippen LogP contribution in [0.25, 0.3) is 6.08 Å². The third kappa shape index (κ3) is 3.64. The summed E-state index contributed by atoms with van der Waals surface area (Å²) in [5.41, 5.74) is 1.17. The Balaban J connectivity index is 0.00000133. The van der Waals surface area contributed by atoms with Gasteiger partial charge in [-0.3, -0.25) is 19.9 Å². The van der Waals surface area contributed by atoms with Crippen LogP contribution in [0.1, 0.15) is 46.6 Å². The molecule has 3 aliphatic heterocycles. The molecule has 3 aliphatic rings. The summed E-state index contributed by atoms with van der Waals surface area (Å²) in [5.74, 6) is -1.87. The van der Waals surface area contributed by atoms with Crippen LogP contribution in [0.5, 0.6) is 5.75 Å². The minimum atomic E-state index is -1.65. The number of hydrogen-bond donors (Lipinski definition) is 2. The van der Waals surface area contributed by atoms with Crippen LogP contribution in [-0.4, -0.2) is 46.9 Å². The number of imide groups is 1. The van der Waals surface area contributed by atoms with Crippen molar-refractivity contribution in [1.29, 1.82) is 0 Å². The first-order chi connectivity index (χ1) is 16.3. The summed E-state index contributed by atoms with van der Waals surface area (Å²) >= 11 is 0. The van der Waals surface area contributed by atoms with E-state index >= 15 is 0 Å². The van der Waals surface area contributed by atoms with Crippen LogP contribution in [0.4, 0.5) is 9.18 Å². The summed E-state index contributed by atoms with van der Waals surface area (Å²) in [7, 11) is 1.32. The molecule has 0 unspecified atom stereocenters. The molecule has 9 nitrogen and oxygen atoms in total. The minimum absolute atomic E-state index is 0.0432. The number of ether oxygens (including phenoxy) is 2. The first-order valence-corrected chi connectivity index (χ1v) is 10.9. The molecule has 178 valence electrons. The van der Waals surface area contributed by atoms with Crippen molar-refractivity contribution in [2.24, 2.45) is 0 Å². The van der Waals surface area contributed by atoms with Crippen LogP contribution in [0.15, 0.2) is 30.2 Å². The van der Waals surface area contributed by atoms with E-state index in [1.807, 2.05) is 26.8 Å². The average Bonchev–Trinajstić information content (AvgIpc) is 3.30. The minimum Gasteiger partial charge on any atom is -0.494 e. The first kappa shape index (κ1) is 23.2. The second-order valence-electron chi connectivity index (χ2n) is 7.91. The summed E-state index contributed by atoms with van der Waals surface area (Å²) < 4.78 is 25.6. The summed E-state index contributed by atoms with van der Waals surface area (Å²) in [5, 5.41) is 4.84. The van der Waals surface area contributed by atoms with E-state index in [4.69, 9.17) is 9.47 Å². The number of fused-ring (bicyclic) bond motifs is 2. The summed E-state index contributed by atoms with van der Waals surface area (Å²) in [6, 6.07) is 4.22. The Morgan fingerprint density at radius 2 is 2.00 bits per heavy atom. The van der Waals surface area contributed by atoms with Gasteiger partial charge in [-0.15, -0.1) is 0 Å². The van der Waals surface area contributed by atoms with Gasteiger partial charge in [-0.2, -0.15) is 0 Å². The number of pyridine rings is 1. The second kappa shape index (κ2) is 8.77. The summed E-state index contributed by atoms with van der Waals surface area (Å²) in [6.45, 7) is 5.87. The van der Waals surface area contributed by atoms with E-state index in [1.165, 1.54) is 18.1 Å². The van der Waals surface area contributed by atoms with E-state index in [2.05, 4.69) is 15.6 Å². The SMILES string of the molecule is CC.COc1ccc2c(c1F)C(=O)N(C[C@@]1(C3=Cc4cnc(C)cc4CO3)NC(=O)NC1=O)C2. The largest absolute Gasteiger partial charge is 0.494 e. The highest BCUT2D eigenvalue weighted by Crippen LogP contribution is 2.35. The third-order valence-electron chi connectivity index (χ3n) is 5.90. The smallest absolute Gasteiger partial charge is 0.322 e. The molecule has 1 saturated heterocycles. The van der Waals surface area contributed by atoms with Crippen molar-refractivity contribution >= 4 is 23.9 Å². The number of amides is 4. The van der Waals surface area contributed by atoms with E-state index in [0.717, 1.165) is 16.8 Å². The number of benzene rings is 1. The fourth-order valence-corrected chi connectivity index (χ4v) is 4.29. The van der Waals surface area contributed by atoms with Crippen molar-refractivity contribution in [1.82, 2.24) is 20.5 Å². The Kier molecular flexibility index (Phi) is 5.99. The molecule has 1 aromatic carbocycles. The Bertz CT molecular complexity index is 1230. The quantitative estimate of drug-likeness (QED) is 0.668. The van der Waals surface area contributed by atoms with E-state index in [1.54, 1.807) is 18.3 Å². The standard InChI is InChI=1S/C22H19FN4O5.C2H6/c1-11-5-14-9-32-16(6-13(14)7-24-11)22(20(29)25-21(30)26-22)10-27-8-12-3-4-15(31-2)18(23)17(12)19(27)28;1-2/h3-7H,8-10H2,1-2H3,(H2,25,26,29,30);1-2H3/t22-;/m0./s1. The molecular formula is C24H25FN4O5. The van der Waals surface area contributed by atoms with Gasteiger partial charge in [0.25, 0.3) is 11.8 Å². The van der Waals surface area contributed by atoms with Crippen LogP contribution in [-0.2, 0) is 22.7 Å². The molecule has 2 N–H and O–H groups in total. The average molecular weight is 468 g/mol. The maximum atomic E-state index is 14.7. The van der Waals surface area contributed by atoms with Crippen molar-refractivity contribution in [3.63, 3.8) is 0 Å². The van der Waals surface area contributed by atoms with Crippen LogP contribution < -0.4 is 15.4 Å². The number of hydrogen-bond acceptors (Lipinski definition) is 6. The van der Waals surface area contributed by atoms with E-state index in [-0.39, 0.29) is 36.8 Å². The molecule has 1 fully saturated rings. The lowest BCUT2D eigenvalue weighted by molar-refractivity contribution is -0.124. The Morgan fingerprint density at radius 3 is 2.68 bits per heavy atom. The van der Waals surface area contributed by atoms with Gasteiger partial charge in [-0.05, 0) is 36.3 Å². The third-order valence-corrected chi connectivity index (χ3v) is 5.90. The van der Waals surface area contributed by atoms with Crippen molar-refractivity contribution in [2.45, 2.75) is 39.5 Å². The molecule has 0 aliphatic carbocycles. The summed E-state index contributed by atoms with van der Waals surface area (Å²) in [6.07, 6.45) is 3.29. The topological polar surface area (TPSA) is 110 Å². The molecule has 0 saturated carbocycles. The number of rotatable bonds is 4. The van der Waals surface area contributed by atoms with Crippen molar-refractivity contribution in [2.75, 3.05) is 13.7 Å². The number of aryl methyl sites for hydroxylation is 1. The van der Waals surface area contributed by atoms with E-state index in [0.29, 0.717) is 5.56 Å². The fraction of sp³-hybridized carbons (Fsp3) is 0.333. The van der Waals surface area contributed by atoms with Crippen LogP contribution in [0.3, 0.4) is 0 Å². The number of nitrogens with one attached hydrogen (secondary N) is 2. The normalized spacial score (nSPS) is 20.3. The summed E-state index contributed by atoms with van der Waals surface area (Å²) in [4.78, 5) is 43.7. The molecule has 4 amide bonds. The first-order valence-electron chi connectivity index (χ1n) is 10.9. The Morgan fingerprint density at radius 1 is 1.24 bits per heavy atom. The molecule has 1 aromatic heterocycles. The van der Waals surface area contributed by atoms with E-state index in [9.17, 15) is 18.8 Å². The zero-order valence-corrected chi connectivity index (χ0v) is 19.3. The van der Waals surface area contributed by atoms with Gasteiger partial charge in [-0.1, -0.05) is 19.9 Å². The van der Waals surface area contributed by atoms with Gasteiger partial charge >= 0.3 is 6.03 Å². The van der Waals surface area contributed by atoms with Crippen molar-refractivity contribution in [3.05, 3.63) is 63.9 Å². The van der Waals surface area contributed by atoms with Crippen LogP contribution in [0, 0.1) is 12.7 Å². The molecule has 0 spiro atoms. The van der Waals surface area contributed by atoms with Crippen LogP contribution in [0.2, 0.25) is 0 Å². The Hall–Kier alpha value is -3.95. The second-order valence-corrected chi connectivity index (χ2v) is 7.91. The predicted octanol–water partition coefficient (Wildman–Crippen LogP) is 2.67. The molecule has 2 aromatic rings. The van der Waals surface area contributed by atoms with Gasteiger partial charge in [0, 0.05) is 24.0 Å². The molecule has 4 heterocycles. The number of aromatic nitrogens is 1. The molecular weight excluding hydrogens is 443 g/mol. The van der Waals surface area contributed by atoms with Crippen molar-refractivity contribution in [3.8, 4) is 5.75 Å². The highest BCUT2D eigenvalue weighted by molar-refractivity contribution is 6.10. The highest BCUT2D eigenvalue weighted by atomic mass is 19.1. The molecule has 1 atom stereocenters. The molecule has 10 heteroatoms. The molecule has 34 heavy (non-hydrogen) atoms. The number of halogens is 1. The van der Waals surface area contributed by atoms with Crippen LogP contribution >= 0.6 is 0 Å². The zero-order valence-electron chi connectivity index (χ0n) is 19.3. The number of urea groups is 1. The number of carbonyl (C=O) groups excluding carboxylic acids is 3. The number of methoxy groups -OCH3 is 1. The van der Waals surface area contributed by atoms with Gasteiger partial charge in [0.05, 0.1) is 19.2 Å². The Labute approximate surface area is 195 Å². The fourth-order valence-electron chi connectivity index (χ4n) is 4.29. The lowest BCUT2D eigenvalue weighted by atomic mass is 9.92. The maximum absolute atomic E-state index is 14.7. The molecule has 0 radical (unpaired) electrons. The van der Waals surface area contributed by atoms with E-state index < -0.39 is 29.2 Å². The molecule has 5 rings (SSSR count). The number of nitrogens with zero attached hydrogens (tertiary/aromatic N) is 2. The monoisotopic (exact) mass is 468 g/mol. The maximum Gasteiger partial charge on any atom is 0.322 e. The molecule has 0 bridgehead atoms. The zero-order chi connectivity index (χ0) is 24.6. The van der Waals surface area contributed by atoms with Gasteiger partial charge in [0.15, 0.2) is 17.1 Å². The number of carbonyl (C=O) groups is 3. The lowest BCUT2D eigenvalue weighted by Crippen LogP contribution is -2.57. The van der Waals surface area contributed by atoms with Gasteiger partial charge in [0.1, 0.15) is 12.4 Å². The lowest BCUT2D eigenvalue weighted by Gasteiger charge is -2.34. The predicted molar refractivity (Wildman–Crippen MR) is 120 cm³/mol. The van der Waals surface area contributed by atoms with Gasteiger partial charge in [0.2, 0.25) is 0 Å².